The summed E-state index contributed by atoms with van der Waals surface area (Å²) in [6.45, 7) is 5.51. The van der Waals surface area contributed by atoms with Gasteiger partial charge in [0.05, 0.1) is 0 Å². The van der Waals surface area contributed by atoms with Crippen LogP contribution in [0.25, 0.3) is 0 Å². The van der Waals surface area contributed by atoms with Crippen LogP contribution in [-0.4, -0.2) is 46.8 Å². The van der Waals surface area contributed by atoms with Crippen molar-refractivity contribution in [3.05, 3.63) is 41.1 Å². The van der Waals surface area contributed by atoms with Crippen LogP contribution in [0.4, 0.5) is 5.69 Å². The first-order valence-electron chi connectivity index (χ1n) is 11.0. The summed E-state index contributed by atoms with van der Waals surface area (Å²) in [4.78, 5) is 30.3. The maximum absolute atomic E-state index is 13.3. The molecule has 0 aromatic heterocycles. The first-order valence-corrected chi connectivity index (χ1v) is 11.0. The summed E-state index contributed by atoms with van der Waals surface area (Å²) in [7, 11) is 0. The van der Waals surface area contributed by atoms with Crippen LogP contribution in [0.15, 0.2) is 30.0 Å². The van der Waals surface area contributed by atoms with Crippen molar-refractivity contribution in [1.29, 1.82) is 10.5 Å². The van der Waals surface area contributed by atoms with Gasteiger partial charge in [0.1, 0.15) is 17.7 Å². The van der Waals surface area contributed by atoms with Gasteiger partial charge in [-0.3, -0.25) is 9.59 Å². The van der Waals surface area contributed by atoms with E-state index in [2.05, 4.69) is 19.2 Å². The summed E-state index contributed by atoms with van der Waals surface area (Å²) in [5.41, 5.74) is 1.30. The predicted molar refractivity (Wildman–Crippen MR) is 118 cm³/mol. The third-order valence-electron chi connectivity index (χ3n) is 6.18. The smallest absolute Gasteiger partial charge is 0.254 e. The number of benzene rings is 1. The van der Waals surface area contributed by atoms with E-state index in [0.717, 1.165) is 38.5 Å². The molecule has 2 aliphatic rings. The van der Waals surface area contributed by atoms with Crippen LogP contribution in [0.1, 0.15) is 73.1 Å². The molecule has 2 fully saturated rings. The van der Waals surface area contributed by atoms with Crippen LogP contribution in [0.2, 0.25) is 0 Å². The number of hydrogen-bond acceptors (Lipinski definition) is 5. The van der Waals surface area contributed by atoms with Gasteiger partial charge in [-0.25, -0.2) is 0 Å². The Balaban J connectivity index is 1.96. The molecule has 1 aromatic carbocycles. The van der Waals surface area contributed by atoms with Crippen LogP contribution >= 0.6 is 0 Å². The van der Waals surface area contributed by atoms with Gasteiger partial charge in [-0.1, -0.05) is 0 Å². The number of carbonyl (C=O) groups is 2. The van der Waals surface area contributed by atoms with E-state index in [4.69, 9.17) is 10.5 Å². The summed E-state index contributed by atoms with van der Waals surface area (Å²) in [6.07, 6.45) is 7.40. The monoisotopic (exact) mass is 419 g/mol. The van der Waals surface area contributed by atoms with Gasteiger partial charge in [-0.2, -0.15) is 10.5 Å². The van der Waals surface area contributed by atoms with Crippen LogP contribution in [0.5, 0.6) is 0 Å². The predicted octanol–water partition coefficient (Wildman–Crippen LogP) is 4.06. The lowest BCUT2D eigenvalue weighted by Crippen LogP contribution is -2.43. The molecule has 0 radical (unpaired) electrons. The molecule has 0 saturated carbocycles. The summed E-state index contributed by atoms with van der Waals surface area (Å²) in [5.74, 6) is -0.192. The van der Waals surface area contributed by atoms with E-state index in [-0.39, 0.29) is 29.5 Å². The number of rotatable bonds is 4. The molecular formula is C24H29N5O2. The fourth-order valence-corrected chi connectivity index (χ4v) is 4.33. The summed E-state index contributed by atoms with van der Waals surface area (Å²) < 4.78 is 0. The average molecular weight is 420 g/mol. The average Bonchev–Trinajstić information content (AvgIpc) is 2.79. The number of anilines is 1. The third kappa shape index (κ3) is 5.24. The fraction of sp³-hybridized carbons (Fsp3) is 0.500. The van der Waals surface area contributed by atoms with E-state index in [1.807, 2.05) is 9.80 Å². The number of amides is 2. The van der Waals surface area contributed by atoms with Gasteiger partial charge in [0.25, 0.3) is 11.8 Å². The number of nitrogens with one attached hydrogen (secondary N) is 1. The molecule has 2 atom stereocenters. The Labute approximate surface area is 183 Å². The Hall–Kier alpha value is -3.32. The highest BCUT2D eigenvalue weighted by Gasteiger charge is 2.28. The molecule has 2 heterocycles. The molecule has 1 N–H and O–H groups in total. The van der Waals surface area contributed by atoms with Crippen molar-refractivity contribution in [2.75, 3.05) is 18.4 Å². The molecule has 3 rings (SSSR count). The first kappa shape index (κ1) is 22.4. The van der Waals surface area contributed by atoms with Gasteiger partial charge in [0.15, 0.2) is 0 Å². The highest BCUT2D eigenvalue weighted by atomic mass is 16.2. The Kier molecular flexibility index (Phi) is 7.31. The van der Waals surface area contributed by atoms with Crippen molar-refractivity contribution in [3.63, 3.8) is 0 Å². The normalized spacial score (nSPS) is 20.9. The van der Waals surface area contributed by atoms with E-state index in [0.29, 0.717) is 29.9 Å². The highest BCUT2D eigenvalue weighted by molar-refractivity contribution is 6.01. The molecular weight excluding hydrogens is 390 g/mol. The second kappa shape index (κ2) is 10.1. The third-order valence-corrected chi connectivity index (χ3v) is 6.18. The van der Waals surface area contributed by atoms with Crippen molar-refractivity contribution >= 4 is 17.5 Å². The lowest BCUT2D eigenvalue weighted by atomic mass is 9.99. The molecule has 2 amide bonds. The molecule has 2 saturated heterocycles. The number of hydrogen-bond donors (Lipinski definition) is 1. The Bertz CT molecular complexity index is 887. The Morgan fingerprint density at radius 1 is 0.903 bits per heavy atom. The van der Waals surface area contributed by atoms with Gasteiger partial charge in [0.2, 0.25) is 0 Å². The highest BCUT2D eigenvalue weighted by Crippen LogP contribution is 2.25. The minimum absolute atomic E-state index is 0.0843. The number of carbonyl (C=O) groups excluding carboxylic acids is 2. The summed E-state index contributed by atoms with van der Waals surface area (Å²) >= 11 is 0. The second-order valence-corrected chi connectivity index (χ2v) is 8.41. The van der Waals surface area contributed by atoms with E-state index in [1.54, 1.807) is 30.3 Å². The molecule has 7 nitrogen and oxygen atoms in total. The zero-order valence-corrected chi connectivity index (χ0v) is 18.2. The zero-order valence-electron chi connectivity index (χ0n) is 18.2. The molecule has 0 aliphatic carbocycles. The minimum Gasteiger partial charge on any atom is -0.360 e. The van der Waals surface area contributed by atoms with Gasteiger partial charge in [-0.05, 0) is 70.6 Å². The SMILES string of the molecule is CC1CCCCN1C(=O)c1cc(NC=C(C#N)C#N)cc(C(=O)N2CCCCC2C)c1. The van der Waals surface area contributed by atoms with Crippen LogP contribution < -0.4 is 5.32 Å². The molecule has 7 heteroatoms. The molecule has 2 unspecified atom stereocenters. The molecule has 0 bridgehead atoms. The quantitative estimate of drug-likeness (QED) is 0.742. The molecule has 0 spiro atoms. The second-order valence-electron chi connectivity index (χ2n) is 8.41. The zero-order chi connectivity index (χ0) is 22.4. The lowest BCUT2D eigenvalue weighted by molar-refractivity contribution is 0.0634. The van der Waals surface area contributed by atoms with E-state index < -0.39 is 0 Å². The van der Waals surface area contributed by atoms with Crippen molar-refractivity contribution in [2.45, 2.75) is 64.5 Å². The number of likely N-dealkylation sites (tertiary alicyclic amines) is 2. The lowest BCUT2D eigenvalue weighted by Gasteiger charge is -2.34. The first-order chi connectivity index (χ1) is 14.9. The largest absolute Gasteiger partial charge is 0.360 e. The molecule has 162 valence electrons. The number of nitrogens with zero attached hydrogens (tertiary/aromatic N) is 4. The Morgan fingerprint density at radius 3 is 1.81 bits per heavy atom. The molecule has 1 aromatic rings. The maximum atomic E-state index is 13.3. The van der Waals surface area contributed by atoms with Crippen LogP contribution in [0, 0.1) is 22.7 Å². The fourth-order valence-electron chi connectivity index (χ4n) is 4.33. The van der Waals surface area contributed by atoms with E-state index >= 15 is 0 Å². The van der Waals surface area contributed by atoms with Crippen LogP contribution in [-0.2, 0) is 0 Å². The van der Waals surface area contributed by atoms with E-state index in [1.165, 1.54) is 6.20 Å². The molecule has 2 aliphatic heterocycles. The maximum Gasteiger partial charge on any atom is 0.254 e. The van der Waals surface area contributed by atoms with E-state index in [9.17, 15) is 9.59 Å². The van der Waals surface area contributed by atoms with Gasteiger partial charge < -0.3 is 15.1 Å². The van der Waals surface area contributed by atoms with Crippen LogP contribution in [0.3, 0.4) is 0 Å². The number of allylic oxidation sites excluding steroid dienone is 1. The van der Waals surface area contributed by atoms with Gasteiger partial charge in [0, 0.05) is 48.2 Å². The standard InChI is InChI=1S/C24H29N5O2/c1-17-7-3-5-9-28(17)23(30)20-11-21(24(31)29-10-6-4-8-18(29)2)13-22(12-20)27-16-19(14-25)15-26/h11-13,16-18,27H,3-10H2,1-2H3. The minimum atomic E-state index is -0.0960. The van der Waals surface area contributed by atoms with Crippen molar-refractivity contribution in [3.8, 4) is 12.1 Å². The van der Waals surface area contributed by atoms with Gasteiger partial charge in [-0.15, -0.1) is 0 Å². The van der Waals surface area contributed by atoms with Crippen molar-refractivity contribution < 1.29 is 9.59 Å². The number of nitriles is 2. The summed E-state index contributed by atoms with van der Waals surface area (Å²) in [5, 5.41) is 20.9. The topological polar surface area (TPSA) is 100 Å². The number of piperidine rings is 2. The Morgan fingerprint density at radius 2 is 1.39 bits per heavy atom. The summed E-state index contributed by atoms with van der Waals surface area (Å²) in [6, 6.07) is 8.95. The van der Waals surface area contributed by atoms with Crippen molar-refractivity contribution in [1.82, 2.24) is 9.80 Å². The molecule has 31 heavy (non-hydrogen) atoms. The van der Waals surface area contributed by atoms with Gasteiger partial charge >= 0.3 is 0 Å². The van der Waals surface area contributed by atoms with Crippen molar-refractivity contribution in [2.24, 2.45) is 0 Å².